The molecule has 1 heterocycles. The number of carbonyl (C=O) groups excluding carboxylic acids is 3. The van der Waals surface area contributed by atoms with Gasteiger partial charge in [0.25, 0.3) is 11.8 Å². The molecule has 146 valence electrons. The number of aromatic nitrogens is 1. The highest BCUT2D eigenvalue weighted by Gasteiger charge is 2.13. The number of ketones is 1. The molecule has 0 spiro atoms. The monoisotopic (exact) mass is 387 g/mol. The smallest absolute Gasteiger partial charge is 0.274 e. The van der Waals surface area contributed by atoms with Gasteiger partial charge in [0, 0.05) is 28.7 Å². The van der Waals surface area contributed by atoms with Crippen molar-refractivity contribution in [1.29, 1.82) is 0 Å². The number of Topliss-reactive ketones (excluding diaryl/α,β-unsaturated/α-hetero) is 1. The number of rotatable bonds is 5. The van der Waals surface area contributed by atoms with Gasteiger partial charge in [0.2, 0.25) is 0 Å². The van der Waals surface area contributed by atoms with Gasteiger partial charge >= 0.3 is 0 Å². The maximum absolute atomic E-state index is 12.6. The first-order chi connectivity index (χ1) is 13.8. The number of carbonyl (C=O) groups is 3. The van der Waals surface area contributed by atoms with Crippen LogP contribution in [0.4, 0.5) is 11.4 Å². The summed E-state index contributed by atoms with van der Waals surface area (Å²) >= 11 is 0. The third kappa shape index (κ3) is 5.13. The number of anilines is 2. The van der Waals surface area contributed by atoms with Crippen molar-refractivity contribution in [3.05, 3.63) is 88.7 Å². The minimum absolute atomic E-state index is 0.0876. The minimum atomic E-state index is -0.400. The average Bonchev–Trinajstić information content (AvgIpc) is 2.67. The summed E-state index contributed by atoms with van der Waals surface area (Å²) in [6, 6.07) is 15.4. The summed E-state index contributed by atoms with van der Waals surface area (Å²) in [6.07, 6.45) is 1.41. The van der Waals surface area contributed by atoms with Gasteiger partial charge in [0.1, 0.15) is 5.69 Å². The third-order valence-corrected chi connectivity index (χ3v) is 4.26. The Morgan fingerprint density at radius 3 is 2.14 bits per heavy atom. The average molecular weight is 387 g/mol. The van der Waals surface area contributed by atoms with Crippen LogP contribution in [0.25, 0.3) is 0 Å². The van der Waals surface area contributed by atoms with E-state index in [1.54, 1.807) is 24.3 Å². The molecule has 6 heteroatoms. The molecule has 6 nitrogen and oxygen atoms in total. The molecule has 0 unspecified atom stereocenters. The lowest BCUT2D eigenvalue weighted by Crippen LogP contribution is -2.17. The SMILES string of the molecule is CC(=O)c1cccc(NC(=O)c2ccnc(C(=O)Nc3cc(C)cc(C)c3)c2)c1. The molecule has 0 aliphatic carbocycles. The lowest BCUT2D eigenvalue weighted by Gasteiger charge is -2.09. The molecule has 29 heavy (non-hydrogen) atoms. The molecule has 2 N–H and O–H groups in total. The summed E-state index contributed by atoms with van der Waals surface area (Å²) in [5.74, 6) is -0.882. The van der Waals surface area contributed by atoms with Gasteiger partial charge in [-0.15, -0.1) is 0 Å². The van der Waals surface area contributed by atoms with Crippen LogP contribution in [-0.2, 0) is 0 Å². The molecular weight excluding hydrogens is 366 g/mol. The van der Waals surface area contributed by atoms with Crippen LogP contribution in [0.2, 0.25) is 0 Å². The van der Waals surface area contributed by atoms with E-state index in [4.69, 9.17) is 0 Å². The maximum atomic E-state index is 12.6. The summed E-state index contributed by atoms with van der Waals surface area (Å²) < 4.78 is 0. The normalized spacial score (nSPS) is 10.3. The van der Waals surface area contributed by atoms with Gasteiger partial charge in [-0.1, -0.05) is 18.2 Å². The molecule has 0 saturated carbocycles. The van der Waals surface area contributed by atoms with E-state index in [1.807, 2.05) is 32.0 Å². The van der Waals surface area contributed by atoms with Gasteiger partial charge in [0.05, 0.1) is 0 Å². The van der Waals surface area contributed by atoms with Gasteiger partial charge in [-0.05, 0) is 68.3 Å². The second kappa shape index (κ2) is 8.48. The molecule has 2 amide bonds. The second-order valence-corrected chi connectivity index (χ2v) is 6.85. The van der Waals surface area contributed by atoms with Crippen molar-refractivity contribution in [2.75, 3.05) is 10.6 Å². The van der Waals surface area contributed by atoms with E-state index in [-0.39, 0.29) is 11.5 Å². The fourth-order valence-corrected chi connectivity index (χ4v) is 2.96. The van der Waals surface area contributed by atoms with Crippen LogP contribution in [0.3, 0.4) is 0 Å². The highest BCUT2D eigenvalue weighted by atomic mass is 16.2. The fraction of sp³-hybridized carbons (Fsp3) is 0.130. The Labute approximate surface area is 169 Å². The summed E-state index contributed by atoms with van der Waals surface area (Å²) in [5.41, 5.74) is 4.17. The van der Waals surface area contributed by atoms with Crippen LogP contribution in [0.1, 0.15) is 49.3 Å². The van der Waals surface area contributed by atoms with Crippen LogP contribution in [0, 0.1) is 13.8 Å². The van der Waals surface area contributed by atoms with E-state index in [9.17, 15) is 14.4 Å². The van der Waals surface area contributed by atoms with Gasteiger partial charge < -0.3 is 10.6 Å². The lowest BCUT2D eigenvalue weighted by atomic mass is 10.1. The molecule has 0 atom stereocenters. The summed E-state index contributed by atoms with van der Waals surface area (Å²) in [6.45, 7) is 5.37. The third-order valence-electron chi connectivity index (χ3n) is 4.26. The van der Waals surface area contributed by atoms with E-state index in [0.29, 0.717) is 22.5 Å². The summed E-state index contributed by atoms with van der Waals surface area (Å²) in [7, 11) is 0. The van der Waals surface area contributed by atoms with Crippen LogP contribution in [0.15, 0.2) is 60.8 Å². The fourth-order valence-electron chi connectivity index (χ4n) is 2.96. The Morgan fingerprint density at radius 1 is 0.759 bits per heavy atom. The summed E-state index contributed by atoms with van der Waals surface area (Å²) in [5, 5.41) is 5.54. The van der Waals surface area contributed by atoms with E-state index in [0.717, 1.165) is 11.1 Å². The molecule has 2 aromatic carbocycles. The van der Waals surface area contributed by atoms with Gasteiger partial charge in [-0.25, -0.2) is 0 Å². The Morgan fingerprint density at radius 2 is 1.45 bits per heavy atom. The van der Waals surface area contributed by atoms with E-state index >= 15 is 0 Å². The molecular formula is C23H21N3O3. The molecule has 3 rings (SSSR count). The Bertz CT molecular complexity index is 1090. The quantitative estimate of drug-likeness (QED) is 0.635. The van der Waals surface area contributed by atoms with Crippen molar-refractivity contribution in [2.45, 2.75) is 20.8 Å². The van der Waals surface area contributed by atoms with Gasteiger partial charge in [-0.3, -0.25) is 19.4 Å². The molecule has 3 aromatic rings. The number of hydrogen-bond donors (Lipinski definition) is 2. The van der Waals surface area contributed by atoms with Crippen molar-refractivity contribution in [3.63, 3.8) is 0 Å². The predicted molar refractivity (Wildman–Crippen MR) is 113 cm³/mol. The minimum Gasteiger partial charge on any atom is -0.322 e. The van der Waals surface area contributed by atoms with Crippen molar-refractivity contribution in [2.24, 2.45) is 0 Å². The Kier molecular flexibility index (Phi) is 5.83. The molecule has 0 radical (unpaired) electrons. The first-order valence-corrected chi connectivity index (χ1v) is 9.10. The van der Waals surface area contributed by atoms with Crippen LogP contribution in [0.5, 0.6) is 0 Å². The molecule has 0 aliphatic rings. The molecule has 0 fully saturated rings. The van der Waals surface area contributed by atoms with Crippen molar-refractivity contribution < 1.29 is 14.4 Å². The van der Waals surface area contributed by atoms with Crippen molar-refractivity contribution in [1.82, 2.24) is 4.98 Å². The standard InChI is InChI=1S/C23H21N3O3/c1-14-9-15(2)11-20(10-14)26-23(29)21-13-18(7-8-24-21)22(28)25-19-6-4-5-17(12-19)16(3)27/h4-13H,1-3H3,(H,25,28)(H,26,29). The molecule has 0 saturated heterocycles. The topological polar surface area (TPSA) is 88.2 Å². The Balaban J connectivity index is 1.76. The first kappa shape index (κ1) is 19.9. The predicted octanol–water partition coefficient (Wildman–Crippen LogP) is 4.41. The number of nitrogens with one attached hydrogen (secondary N) is 2. The highest BCUT2D eigenvalue weighted by molar-refractivity contribution is 6.08. The van der Waals surface area contributed by atoms with Gasteiger partial charge in [-0.2, -0.15) is 0 Å². The number of pyridine rings is 1. The lowest BCUT2D eigenvalue weighted by molar-refractivity contribution is 0.100. The van der Waals surface area contributed by atoms with Crippen LogP contribution >= 0.6 is 0 Å². The van der Waals surface area contributed by atoms with Crippen molar-refractivity contribution >= 4 is 29.0 Å². The zero-order chi connectivity index (χ0) is 21.0. The molecule has 0 aliphatic heterocycles. The number of benzene rings is 2. The summed E-state index contributed by atoms with van der Waals surface area (Å²) in [4.78, 5) is 40.7. The van der Waals surface area contributed by atoms with Gasteiger partial charge in [0.15, 0.2) is 5.78 Å². The van der Waals surface area contributed by atoms with E-state index in [2.05, 4.69) is 15.6 Å². The number of amides is 2. The van der Waals surface area contributed by atoms with Crippen LogP contribution in [-0.4, -0.2) is 22.6 Å². The van der Waals surface area contributed by atoms with Crippen molar-refractivity contribution in [3.8, 4) is 0 Å². The number of hydrogen-bond acceptors (Lipinski definition) is 4. The van der Waals surface area contributed by atoms with E-state index in [1.165, 1.54) is 25.3 Å². The molecule has 0 bridgehead atoms. The largest absolute Gasteiger partial charge is 0.322 e. The number of aryl methyl sites for hydroxylation is 2. The molecule has 1 aromatic heterocycles. The highest BCUT2D eigenvalue weighted by Crippen LogP contribution is 2.16. The maximum Gasteiger partial charge on any atom is 0.274 e. The van der Waals surface area contributed by atoms with Crippen LogP contribution < -0.4 is 10.6 Å². The zero-order valence-electron chi connectivity index (χ0n) is 16.4. The number of nitrogens with zero attached hydrogens (tertiary/aromatic N) is 1. The first-order valence-electron chi connectivity index (χ1n) is 9.10. The zero-order valence-corrected chi connectivity index (χ0v) is 16.4. The Hall–Kier alpha value is -3.80. The second-order valence-electron chi connectivity index (χ2n) is 6.85. The van der Waals surface area contributed by atoms with E-state index < -0.39 is 11.8 Å².